The van der Waals surface area contributed by atoms with Crippen LogP contribution in [0, 0.1) is 12.8 Å². The van der Waals surface area contributed by atoms with Crippen LogP contribution in [0.25, 0.3) is 5.69 Å². The highest BCUT2D eigenvalue weighted by atomic mass is 35.5. The Bertz CT molecular complexity index is 1490. The van der Waals surface area contributed by atoms with Crippen molar-refractivity contribution >= 4 is 23.5 Å². The van der Waals surface area contributed by atoms with Gasteiger partial charge in [-0.3, -0.25) is 14.2 Å². The molecule has 42 heavy (non-hydrogen) atoms. The molecule has 9 nitrogen and oxygen atoms in total. The molecule has 5 rings (SSSR count). The fourth-order valence-corrected chi connectivity index (χ4v) is 5.80. The van der Waals surface area contributed by atoms with Crippen molar-refractivity contribution in [2.24, 2.45) is 5.92 Å². The average Bonchev–Trinajstić information content (AvgIpc) is 3.37. The SMILES string of the molecule is CCOC(=O)[C@H]1CCCN(C(=O)C[C@H]2O[C@H](c3cccc(OC)c3C)c3cc(Cl)ccc3-n3c2nnc3C(F)(F)F)C1. The lowest BCUT2D eigenvalue weighted by molar-refractivity contribution is -0.151. The van der Waals surface area contributed by atoms with Gasteiger partial charge in [0.2, 0.25) is 11.7 Å². The van der Waals surface area contributed by atoms with Crippen molar-refractivity contribution in [3.63, 3.8) is 0 Å². The Kier molecular flexibility index (Phi) is 8.47. The van der Waals surface area contributed by atoms with Crippen LogP contribution in [0.5, 0.6) is 5.75 Å². The first kappa shape index (κ1) is 29.8. The van der Waals surface area contributed by atoms with Gasteiger partial charge in [0, 0.05) is 23.7 Å². The summed E-state index contributed by atoms with van der Waals surface area (Å²) >= 11 is 6.35. The summed E-state index contributed by atoms with van der Waals surface area (Å²) in [6.07, 6.45) is -6.15. The van der Waals surface area contributed by atoms with Crippen LogP contribution in [0.4, 0.5) is 13.2 Å². The Labute approximate surface area is 245 Å². The Morgan fingerprint density at radius 1 is 1.17 bits per heavy atom. The number of aromatic nitrogens is 3. The number of nitrogens with zero attached hydrogens (tertiary/aromatic N) is 4. The summed E-state index contributed by atoms with van der Waals surface area (Å²) in [7, 11) is 1.52. The molecule has 1 fully saturated rings. The van der Waals surface area contributed by atoms with Crippen molar-refractivity contribution in [3.05, 3.63) is 69.8 Å². The maximum Gasteiger partial charge on any atom is 0.452 e. The molecule has 224 valence electrons. The van der Waals surface area contributed by atoms with Crippen molar-refractivity contribution in [2.75, 3.05) is 26.8 Å². The molecule has 2 aliphatic rings. The maximum absolute atomic E-state index is 14.2. The molecule has 0 aliphatic carbocycles. The molecular formula is C29H30ClF3N4O5. The number of hydrogen-bond donors (Lipinski definition) is 0. The summed E-state index contributed by atoms with van der Waals surface area (Å²) in [4.78, 5) is 27.5. The van der Waals surface area contributed by atoms with Gasteiger partial charge in [0.25, 0.3) is 0 Å². The van der Waals surface area contributed by atoms with E-state index < -0.39 is 30.1 Å². The van der Waals surface area contributed by atoms with E-state index in [4.69, 9.17) is 25.8 Å². The Balaban J connectivity index is 1.60. The molecule has 0 unspecified atom stereocenters. The molecule has 1 aromatic heterocycles. The zero-order chi connectivity index (χ0) is 30.2. The Morgan fingerprint density at radius 2 is 1.95 bits per heavy atom. The normalized spacial score (nSPS) is 20.4. The third-order valence-corrected chi connectivity index (χ3v) is 7.86. The molecule has 3 heterocycles. The quantitative estimate of drug-likeness (QED) is 0.337. The first-order valence-corrected chi connectivity index (χ1v) is 14.0. The minimum atomic E-state index is -4.85. The van der Waals surface area contributed by atoms with Crippen LogP contribution >= 0.6 is 11.6 Å². The van der Waals surface area contributed by atoms with Gasteiger partial charge in [0.1, 0.15) is 18.0 Å². The lowest BCUT2D eigenvalue weighted by Gasteiger charge is -2.32. The van der Waals surface area contributed by atoms with Crippen molar-refractivity contribution in [3.8, 4) is 11.4 Å². The third kappa shape index (κ3) is 5.69. The van der Waals surface area contributed by atoms with Gasteiger partial charge in [0.05, 0.1) is 31.7 Å². The molecule has 0 radical (unpaired) electrons. The number of ether oxygens (including phenoxy) is 3. The number of amides is 1. The fourth-order valence-electron chi connectivity index (χ4n) is 5.62. The number of carbonyl (C=O) groups excluding carboxylic acids is 2. The predicted molar refractivity (Wildman–Crippen MR) is 145 cm³/mol. The van der Waals surface area contributed by atoms with Gasteiger partial charge in [-0.05, 0) is 62.1 Å². The molecule has 1 amide bonds. The minimum Gasteiger partial charge on any atom is -0.496 e. The molecule has 1 saturated heterocycles. The van der Waals surface area contributed by atoms with Crippen molar-refractivity contribution in [1.82, 2.24) is 19.7 Å². The molecule has 0 saturated carbocycles. The van der Waals surface area contributed by atoms with Gasteiger partial charge >= 0.3 is 12.1 Å². The number of carbonyl (C=O) groups is 2. The number of piperidine rings is 1. The van der Waals surface area contributed by atoms with E-state index in [0.29, 0.717) is 46.8 Å². The van der Waals surface area contributed by atoms with Crippen molar-refractivity contribution < 1.29 is 37.0 Å². The topological polar surface area (TPSA) is 95.8 Å². The minimum absolute atomic E-state index is 0.134. The number of fused-ring (bicyclic) bond motifs is 3. The zero-order valence-corrected chi connectivity index (χ0v) is 24.0. The Hall–Kier alpha value is -3.64. The van der Waals surface area contributed by atoms with Crippen LogP contribution in [0.15, 0.2) is 36.4 Å². The number of benzene rings is 2. The van der Waals surface area contributed by atoms with Gasteiger partial charge < -0.3 is 19.1 Å². The van der Waals surface area contributed by atoms with E-state index in [9.17, 15) is 22.8 Å². The number of rotatable bonds is 6. The second kappa shape index (κ2) is 11.9. The highest BCUT2D eigenvalue weighted by Gasteiger charge is 2.44. The lowest BCUT2D eigenvalue weighted by Crippen LogP contribution is -2.43. The van der Waals surface area contributed by atoms with Gasteiger partial charge in [-0.1, -0.05) is 23.7 Å². The molecule has 0 spiro atoms. The smallest absolute Gasteiger partial charge is 0.452 e. The van der Waals surface area contributed by atoms with E-state index in [-0.39, 0.29) is 43.0 Å². The summed E-state index contributed by atoms with van der Waals surface area (Å²) in [5.41, 5.74) is 1.82. The summed E-state index contributed by atoms with van der Waals surface area (Å²) in [6.45, 7) is 4.31. The second-order valence-corrected chi connectivity index (χ2v) is 10.7. The van der Waals surface area contributed by atoms with Crippen molar-refractivity contribution in [1.29, 1.82) is 0 Å². The standard InChI is InChI=1S/C29H30ClF3N4O5/c1-4-41-27(39)17-7-6-12-36(15-17)24(38)14-23-26-34-35-28(29(31,32)33)37(26)21-11-10-18(30)13-20(21)25(42-23)19-8-5-9-22(40-3)16(19)2/h5,8-11,13,17,23,25H,4,6-7,12,14-15H2,1-3H3/t17-,23+,25+/m0/s1. The summed E-state index contributed by atoms with van der Waals surface area (Å²) in [5.74, 6) is -2.09. The first-order chi connectivity index (χ1) is 20.0. The number of halogens is 4. The van der Waals surface area contributed by atoms with Crippen LogP contribution in [0.1, 0.15) is 66.7 Å². The number of esters is 1. The van der Waals surface area contributed by atoms with Gasteiger partial charge in [0.15, 0.2) is 5.82 Å². The van der Waals surface area contributed by atoms with E-state index in [0.717, 1.165) is 4.57 Å². The number of alkyl halides is 3. The summed E-state index contributed by atoms with van der Waals surface area (Å²) in [6, 6.07) is 9.80. The summed E-state index contributed by atoms with van der Waals surface area (Å²) in [5, 5.41) is 7.66. The van der Waals surface area contributed by atoms with E-state index in [1.54, 1.807) is 31.2 Å². The molecule has 2 aromatic carbocycles. The van der Waals surface area contributed by atoms with E-state index in [1.165, 1.54) is 24.1 Å². The third-order valence-electron chi connectivity index (χ3n) is 7.63. The van der Waals surface area contributed by atoms with Crippen molar-refractivity contribution in [2.45, 2.75) is 51.5 Å². The highest BCUT2D eigenvalue weighted by molar-refractivity contribution is 6.30. The van der Waals surface area contributed by atoms with Crippen LogP contribution in [-0.2, 0) is 25.2 Å². The Morgan fingerprint density at radius 3 is 2.67 bits per heavy atom. The average molecular weight is 607 g/mol. The molecule has 3 atom stereocenters. The number of hydrogen-bond acceptors (Lipinski definition) is 7. The molecule has 0 bridgehead atoms. The monoisotopic (exact) mass is 606 g/mol. The predicted octanol–water partition coefficient (Wildman–Crippen LogP) is 5.61. The second-order valence-electron chi connectivity index (χ2n) is 10.2. The summed E-state index contributed by atoms with van der Waals surface area (Å²) < 4.78 is 60.8. The lowest BCUT2D eigenvalue weighted by atomic mass is 9.95. The molecule has 3 aromatic rings. The largest absolute Gasteiger partial charge is 0.496 e. The molecule has 13 heteroatoms. The van der Waals surface area contributed by atoms with Gasteiger partial charge in [-0.25, -0.2) is 0 Å². The number of likely N-dealkylation sites (tertiary alicyclic amines) is 1. The highest BCUT2D eigenvalue weighted by Crippen LogP contribution is 2.45. The van der Waals surface area contributed by atoms with Crippen LogP contribution in [-0.4, -0.2) is 58.3 Å². The van der Waals surface area contributed by atoms with E-state index >= 15 is 0 Å². The first-order valence-electron chi connectivity index (χ1n) is 13.6. The molecule has 0 N–H and O–H groups in total. The van der Waals surface area contributed by atoms with Gasteiger partial charge in [-0.2, -0.15) is 13.2 Å². The van der Waals surface area contributed by atoms with Crippen LogP contribution < -0.4 is 4.74 Å². The van der Waals surface area contributed by atoms with E-state index in [2.05, 4.69) is 10.2 Å². The zero-order valence-electron chi connectivity index (χ0n) is 23.3. The van der Waals surface area contributed by atoms with Crippen LogP contribution in [0.3, 0.4) is 0 Å². The van der Waals surface area contributed by atoms with Crippen LogP contribution in [0.2, 0.25) is 5.02 Å². The number of methoxy groups -OCH3 is 1. The maximum atomic E-state index is 14.2. The van der Waals surface area contributed by atoms with E-state index in [1.807, 2.05) is 6.92 Å². The molecular weight excluding hydrogens is 577 g/mol. The molecule has 2 aliphatic heterocycles. The van der Waals surface area contributed by atoms with Gasteiger partial charge in [-0.15, -0.1) is 10.2 Å². The fraction of sp³-hybridized carbons (Fsp3) is 0.448.